The third kappa shape index (κ3) is 2.25. The lowest BCUT2D eigenvalue weighted by Gasteiger charge is -2.22. The number of carbonyl (C=O) groups excluding carboxylic acids is 1. The molecule has 0 aliphatic carbocycles. The van der Waals surface area contributed by atoms with Crippen LogP contribution in [0.5, 0.6) is 0 Å². The molecule has 4 heteroatoms. The van der Waals surface area contributed by atoms with E-state index in [1.807, 2.05) is 67.6 Å². The summed E-state index contributed by atoms with van der Waals surface area (Å²) in [4.78, 5) is 17.0. The lowest BCUT2D eigenvalue weighted by Crippen LogP contribution is -2.40. The summed E-state index contributed by atoms with van der Waals surface area (Å²) >= 11 is 0. The first-order chi connectivity index (χ1) is 10.2. The van der Waals surface area contributed by atoms with Crippen LogP contribution in [0, 0.1) is 0 Å². The Morgan fingerprint density at radius 3 is 2.24 bits per heavy atom. The lowest BCUT2D eigenvalue weighted by molar-refractivity contribution is -0.123. The van der Waals surface area contributed by atoms with Crippen LogP contribution in [0.1, 0.15) is 18.1 Å². The summed E-state index contributed by atoms with van der Waals surface area (Å²) in [6, 6.07) is 19.2. The summed E-state index contributed by atoms with van der Waals surface area (Å²) in [6.07, 6.45) is 1.72. The molecular formula is C17H15N3O. The Morgan fingerprint density at radius 2 is 1.67 bits per heavy atom. The van der Waals surface area contributed by atoms with E-state index in [9.17, 15) is 4.79 Å². The molecule has 0 bridgehead atoms. The highest BCUT2D eigenvalue weighted by Gasteiger charge is 2.46. The molecule has 3 rings (SSSR count). The number of hydrazone groups is 1. The Bertz CT molecular complexity index is 707. The highest BCUT2D eigenvalue weighted by Crippen LogP contribution is 2.31. The Morgan fingerprint density at radius 1 is 1.05 bits per heavy atom. The van der Waals surface area contributed by atoms with Crippen molar-refractivity contribution in [1.82, 2.24) is 5.43 Å². The Kier molecular flexibility index (Phi) is 3.36. The van der Waals surface area contributed by atoms with Crippen LogP contribution in [0.15, 0.2) is 70.8 Å². The summed E-state index contributed by atoms with van der Waals surface area (Å²) in [5, 5.41) is 4.06. The second kappa shape index (κ2) is 5.32. The van der Waals surface area contributed by atoms with Crippen molar-refractivity contribution in [3.05, 3.63) is 71.8 Å². The van der Waals surface area contributed by atoms with Crippen LogP contribution in [0.2, 0.25) is 0 Å². The Balaban J connectivity index is 2.09. The first-order valence-corrected chi connectivity index (χ1v) is 6.74. The van der Waals surface area contributed by atoms with Gasteiger partial charge in [0.1, 0.15) is 0 Å². The van der Waals surface area contributed by atoms with Crippen molar-refractivity contribution >= 4 is 17.8 Å². The van der Waals surface area contributed by atoms with Crippen molar-refractivity contribution in [2.75, 3.05) is 0 Å². The molecular weight excluding hydrogens is 262 g/mol. The normalized spacial score (nSPS) is 21.4. The van der Waals surface area contributed by atoms with E-state index >= 15 is 0 Å². The number of aliphatic imine (C=N–C) groups is 1. The van der Waals surface area contributed by atoms with Crippen LogP contribution in [-0.2, 0) is 10.3 Å². The first kappa shape index (κ1) is 13.2. The first-order valence-electron chi connectivity index (χ1n) is 6.74. The third-order valence-electron chi connectivity index (χ3n) is 3.58. The molecule has 1 aliphatic heterocycles. The predicted molar refractivity (Wildman–Crippen MR) is 83.4 cm³/mol. The minimum absolute atomic E-state index is 0.224. The fourth-order valence-corrected chi connectivity index (χ4v) is 2.42. The molecule has 21 heavy (non-hydrogen) atoms. The molecule has 1 heterocycles. The van der Waals surface area contributed by atoms with Crippen molar-refractivity contribution in [2.45, 2.75) is 12.5 Å². The monoisotopic (exact) mass is 277 g/mol. The second-order valence-electron chi connectivity index (χ2n) is 4.88. The summed E-state index contributed by atoms with van der Waals surface area (Å²) < 4.78 is 0. The molecule has 1 aliphatic rings. The Hall–Kier alpha value is -2.75. The molecule has 104 valence electrons. The maximum Gasteiger partial charge on any atom is 0.278 e. The largest absolute Gasteiger partial charge is 0.278 e. The number of hydrogen-bond donors (Lipinski definition) is 1. The van der Waals surface area contributed by atoms with Gasteiger partial charge in [-0.1, -0.05) is 60.7 Å². The van der Waals surface area contributed by atoms with Crippen LogP contribution in [0.25, 0.3) is 0 Å². The number of carbonyl (C=O) groups is 1. The molecule has 2 aromatic rings. The van der Waals surface area contributed by atoms with Gasteiger partial charge < -0.3 is 0 Å². The zero-order chi connectivity index (χ0) is 14.7. The number of rotatable bonds is 3. The average molecular weight is 277 g/mol. The van der Waals surface area contributed by atoms with E-state index in [0.29, 0.717) is 5.71 Å². The molecule has 2 aromatic carbocycles. The van der Waals surface area contributed by atoms with Gasteiger partial charge in [0.05, 0.1) is 5.71 Å². The van der Waals surface area contributed by atoms with Crippen molar-refractivity contribution in [2.24, 2.45) is 10.1 Å². The molecule has 1 amide bonds. The minimum Gasteiger partial charge on any atom is -0.269 e. The summed E-state index contributed by atoms with van der Waals surface area (Å²) in [5.74, 6) is -0.224. The molecule has 0 aromatic heterocycles. The van der Waals surface area contributed by atoms with Crippen molar-refractivity contribution in [3.8, 4) is 0 Å². The zero-order valence-electron chi connectivity index (χ0n) is 11.7. The fourth-order valence-electron chi connectivity index (χ4n) is 2.42. The highest BCUT2D eigenvalue weighted by atomic mass is 16.2. The van der Waals surface area contributed by atoms with Gasteiger partial charge in [-0.2, -0.15) is 5.10 Å². The third-order valence-corrected chi connectivity index (χ3v) is 3.58. The maximum absolute atomic E-state index is 12.4. The number of amides is 1. The minimum atomic E-state index is -1.07. The molecule has 1 atom stereocenters. The van der Waals surface area contributed by atoms with Crippen molar-refractivity contribution in [3.63, 3.8) is 0 Å². The van der Waals surface area contributed by atoms with Gasteiger partial charge in [0, 0.05) is 6.21 Å². The zero-order valence-corrected chi connectivity index (χ0v) is 11.7. The fraction of sp³-hybridized carbons (Fsp3) is 0.118. The van der Waals surface area contributed by atoms with Gasteiger partial charge in [-0.05, 0) is 18.1 Å². The van der Waals surface area contributed by atoms with Crippen molar-refractivity contribution in [1.29, 1.82) is 0 Å². The average Bonchev–Trinajstić information content (AvgIpc) is 2.83. The number of benzene rings is 2. The molecule has 0 spiro atoms. The van der Waals surface area contributed by atoms with E-state index in [2.05, 4.69) is 15.5 Å². The van der Waals surface area contributed by atoms with E-state index in [1.165, 1.54) is 0 Å². The smallest absolute Gasteiger partial charge is 0.269 e. The molecule has 0 saturated heterocycles. The summed E-state index contributed by atoms with van der Waals surface area (Å²) in [6.45, 7) is 1.81. The van der Waals surface area contributed by atoms with Gasteiger partial charge in [0.2, 0.25) is 5.54 Å². The molecule has 1 N–H and O–H groups in total. The topological polar surface area (TPSA) is 53.8 Å². The van der Waals surface area contributed by atoms with E-state index < -0.39 is 5.54 Å². The molecule has 0 radical (unpaired) electrons. The van der Waals surface area contributed by atoms with Gasteiger partial charge in [-0.25, -0.2) is 5.43 Å². The molecule has 1 unspecified atom stereocenters. The number of nitrogens with one attached hydrogen (secondary N) is 1. The lowest BCUT2D eigenvalue weighted by atomic mass is 9.86. The van der Waals surface area contributed by atoms with Gasteiger partial charge in [0.25, 0.3) is 5.91 Å². The van der Waals surface area contributed by atoms with E-state index in [4.69, 9.17) is 0 Å². The van der Waals surface area contributed by atoms with Gasteiger partial charge in [0.15, 0.2) is 0 Å². The van der Waals surface area contributed by atoms with Crippen LogP contribution >= 0.6 is 0 Å². The predicted octanol–water partition coefficient (Wildman–Crippen LogP) is 2.51. The molecule has 0 saturated carbocycles. The van der Waals surface area contributed by atoms with Crippen LogP contribution in [0.4, 0.5) is 0 Å². The van der Waals surface area contributed by atoms with Gasteiger partial charge in [-0.3, -0.25) is 9.79 Å². The number of hydrogen-bond acceptors (Lipinski definition) is 3. The maximum atomic E-state index is 12.4. The van der Waals surface area contributed by atoms with Crippen LogP contribution < -0.4 is 5.43 Å². The van der Waals surface area contributed by atoms with Crippen molar-refractivity contribution < 1.29 is 4.79 Å². The van der Waals surface area contributed by atoms with Crippen LogP contribution in [-0.4, -0.2) is 17.8 Å². The summed E-state index contributed by atoms with van der Waals surface area (Å²) in [7, 11) is 0. The van der Waals surface area contributed by atoms with E-state index in [1.54, 1.807) is 6.21 Å². The van der Waals surface area contributed by atoms with Gasteiger partial charge in [-0.15, -0.1) is 0 Å². The van der Waals surface area contributed by atoms with E-state index in [0.717, 1.165) is 11.1 Å². The standard InChI is InChI=1S/C17H15N3O/c1-13-17(16(21)20-19-13,15-10-6-3-7-11-15)18-12-14-8-4-2-5-9-14/h2-12H,1H3,(H,20,21). The van der Waals surface area contributed by atoms with Gasteiger partial charge >= 0.3 is 0 Å². The SMILES string of the molecule is CC1=NNC(=O)C1(N=Cc1ccccc1)c1ccccc1. The molecule has 0 fully saturated rings. The quantitative estimate of drug-likeness (QED) is 0.861. The number of nitrogens with zero attached hydrogens (tertiary/aromatic N) is 2. The van der Waals surface area contributed by atoms with E-state index in [-0.39, 0.29) is 5.91 Å². The Labute approximate surface area is 123 Å². The van der Waals surface area contributed by atoms with Crippen LogP contribution in [0.3, 0.4) is 0 Å². The highest BCUT2D eigenvalue weighted by molar-refractivity contribution is 6.17. The molecule has 4 nitrogen and oxygen atoms in total. The summed E-state index contributed by atoms with van der Waals surface area (Å²) in [5.41, 5.74) is 3.86. The second-order valence-corrected chi connectivity index (χ2v) is 4.88.